The van der Waals surface area contributed by atoms with Gasteiger partial charge in [0.2, 0.25) is 17.7 Å². The van der Waals surface area contributed by atoms with E-state index in [-0.39, 0.29) is 30.1 Å². The van der Waals surface area contributed by atoms with Crippen LogP contribution in [-0.2, 0) is 9.59 Å². The van der Waals surface area contributed by atoms with E-state index in [2.05, 4.69) is 15.1 Å². The molecule has 0 spiro atoms. The van der Waals surface area contributed by atoms with E-state index in [1.807, 2.05) is 25.2 Å². The first-order chi connectivity index (χ1) is 18.2. The number of likely N-dealkylation sites (N-methyl/N-ethyl adjacent to an activating group) is 1. The Labute approximate surface area is 219 Å². The molecule has 1 unspecified atom stereocenters. The van der Waals surface area contributed by atoms with E-state index in [1.54, 1.807) is 12.1 Å². The molecule has 2 aromatic rings. The summed E-state index contributed by atoms with van der Waals surface area (Å²) >= 11 is 0. The molecule has 3 aliphatic rings. The number of benzene rings is 2. The number of hydrogen-bond acceptors (Lipinski definition) is 8. The Morgan fingerprint density at radius 1 is 1.08 bits per heavy atom. The highest BCUT2D eigenvalue weighted by molar-refractivity contribution is 6.23. The summed E-state index contributed by atoms with van der Waals surface area (Å²) in [7, 11) is 2.01. The number of nitrogens with zero attached hydrogens (tertiary/aromatic N) is 3. The molecule has 5 rings (SSSR count). The highest BCUT2D eigenvalue weighted by atomic mass is 16.5. The summed E-state index contributed by atoms with van der Waals surface area (Å²) in [6.07, 6.45) is 2.28. The average molecular weight is 520 g/mol. The summed E-state index contributed by atoms with van der Waals surface area (Å²) in [5, 5.41) is 2.19. The molecule has 11 nitrogen and oxygen atoms in total. The van der Waals surface area contributed by atoms with Crippen molar-refractivity contribution < 1.29 is 28.7 Å². The second-order valence-electron chi connectivity index (χ2n) is 9.71. The predicted octanol–water partition coefficient (Wildman–Crippen LogP) is 1.12. The Kier molecular flexibility index (Phi) is 6.85. The largest absolute Gasteiger partial charge is 0.492 e. The zero-order valence-corrected chi connectivity index (χ0v) is 21.0. The molecule has 3 heterocycles. The lowest BCUT2D eigenvalue weighted by Crippen LogP contribution is -2.54. The van der Waals surface area contributed by atoms with Crippen LogP contribution in [0.15, 0.2) is 42.5 Å². The standard InChI is InChI=1S/C27H29N5O6/c1-30(23-6-3-11-31(23)17-5-2-4-16(14-17)24(28)34)12-13-38-18-7-8-19-20(15-18)27(37)32(26(19)36)21-9-10-22(33)29-25(21)35/h2,4-5,7-8,14-15,21,23H,3,6,9-13H2,1H3,(H2,28,34)(H,29,33,35)/t21-,23?/m1/s1. The second kappa shape index (κ2) is 10.3. The lowest BCUT2D eigenvalue weighted by Gasteiger charge is -2.34. The maximum Gasteiger partial charge on any atom is 0.262 e. The number of hydrogen-bond donors (Lipinski definition) is 2. The number of nitrogens with one attached hydrogen (secondary N) is 1. The molecule has 198 valence electrons. The van der Waals surface area contributed by atoms with Crippen LogP contribution < -0.4 is 20.7 Å². The molecule has 5 amide bonds. The Morgan fingerprint density at radius 3 is 2.63 bits per heavy atom. The van der Waals surface area contributed by atoms with Crippen molar-refractivity contribution in [3.05, 3.63) is 59.2 Å². The molecule has 2 fully saturated rings. The second-order valence-corrected chi connectivity index (χ2v) is 9.71. The highest BCUT2D eigenvalue weighted by Crippen LogP contribution is 2.31. The van der Waals surface area contributed by atoms with E-state index in [4.69, 9.17) is 10.5 Å². The van der Waals surface area contributed by atoms with E-state index >= 15 is 0 Å². The van der Waals surface area contributed by atoms with Gasteiger partial charge in [-0.25, -0.2) is 0 Å². The van der Waals surface area contributed by atoms with E-state index < -0.39 is 35.6 Å². The molecule has 3 aliphatic heterocycles. The Bertz CT molecular complexity index is 1330. The van der Waals surface area contributed by atoms with Crippen LogP contribution in [0.5, 0.6) is 5.75 Å². The molecular weight excluding hydrogens is 490 g/mol. The van der Waals surface area contributed by atoms with Crippen LogP contribution in [0.1, 0.15) is 56.8 Å². The SMILES string of the molecule is CN(CCOc1ccc2c(c1)C(=O)N([C@@H]1CCC(=O)NC1=O)C2=O)C1CCCN1c1cccc(C(N)=O)c1. The molecule has 0 aromatic heterocycles. The number of ether oxygens (including phenoxy) is 1. The van der Waals surface area contributed by atoms with E-state index in [0.717, 1.165) is 30.0 Å². The third-order valence-corrected chi connectivity index (χ3v) is 7.32. The summed E-state index contributed by atoms with van der Waals surface area (Å²) in [6, 6.07) is 11.0. The maximum atomic E-state index is 13.0. The number of primary amides is 1. The van der Waals surface area contributed by atoms with Crippen molar-refractivity contribution >= 4 is 35.2 Å². The van der Waals surface area contributed by atoms with Crippen LogP contribution in [0.4, 0.5) is 5.69 Å². The van der Waals surface area contributed by atoms with Gasteiger partial charge in [-0.15, -0.1) is 0 Å². The van der Waals surface area contributed by atoms with Crippen LogP contribution >= 0.6 is 0 Å². The predicted molar refractivity (Wildman–Crippen MR) is 137 cm³/mol. The van der Waals surface area contributed by atoms with Crippen molar-refractivity contribution in [3.63, 3.8) is 0 Å². The number of rotatable bonds is 8. The molecule has 2 aromatic carbocycles. The molecule has 11 heteroatoms. The lowest BCUT2D eigenvalue weighted by atomic mass is 10.0. The molecule has 38 heavy (non-hydrogen) atoms. The topological polar surface area (TPSA) is 142 Å². The van der Waals surface area contributed by atoms with Gasteiger partial charge in [0.15, 0.2) is 0 Å². The molecule has 0 aliphatic carbocycles. The molecule has 2 saturated heterocycles. The zero-order valence-electron chi connectivity index (χ0n) is 21.0. The number of carbonyl (C=O) groups excluding carboxylic acids is 5. The van der Waals surface area contributed by atoms with Crippen molar-refractivity contribution in [1.29, 1.82) is 0 Å². The molecular formula is C27H29N5O6. The van der Waals surface area contributed by atoms with Crippen LogP contribution in [0.25, 0.3) is 0 Å². The molecule has 0 bridgehead atoms. The number of amides is 5. The zero-order chi connectivity index (χ0) is 27.0. The minimum absolute atomic E-state index is 0.0701. The Morgan fingerprint density at radius 2 is 1.87 bits per heavy atom. The van der Waals surface area contributed by atoms with Crippen molar-refractivity contribution in [3.8, 4) is 5.75 Å². The molecule has 0 radical (unpaired) electrons. The highest BCUT2D eigenvalue weighted by Gasteiger charge is 2.44. The molecule has 2 atom stereocenters. The number of imide groups is 2. The van der Waals surface area contributed by atoms with Gasteiger partial charge in [0, 0.05) is 30.8 Å². The van der Waals surface area contributed by atoms with Gasteiger partial charge in [-0.1, -0.05) is 6.07 Å². The van der Waals surface area contributed by atoms with Crippen LogP contribution in [0.3, 0.4) is 0 Å². The van der Waals surface area contributed by atoms with Crippen LogP contribution in [0, 0.1) is 0 Å². The fourth-order valence-electron chi connectivity index (χ4n) is 5.34. The minimum Gasteiger partial charge on any atom is -0.492 e. The van der Waals surface area contributed by atoms with E-state index in [0.29, 0.717) is 24.5 Å². The van der Waals surface area contributed by atoms with Gasteiger partial charge >= 0.3 is 0 Å². The normalized spacial score (nSPS) is 21.2. The Balaban J connectivity index is 1.21. The van der Waals surface area contributed by atoms with Gasteiger partial charge in [-0.05, 0) is 62.7 Å². The first-order valence-corrected chi connectivity index (χ1v) is 12.6. The van der Waals surface area contributed by atoms with Gasteiger partial charge in [0.05, 0.1) is 17.3 Å². The summed E-state index contributed by atoms with van der Waals surface area (Å²) in [4.78, 5) is 66.5. The fourth-order valence-corrected chi connectivity index (χ4v) is 5.34. The third-order valence-electron chi connectivity index (χ3n) is 7.32. The van der Waals surface area contributed by atoms with Gasteiger partial charge in [-0.3, -0.25) is 39.1 Å². The van der Waals surface area contributed by atoms with Crippen molar-refractivity contribution in [1.82, 2.24) is 15.1 Å². The van der Waals surface area contributed by atoms with Gasteiger partial charge in [0.1, 0.15) is 18.4 Å². The van der Waals surface area contributed by atoms with E-state index in [1.165, 1.54) is 12.1 Å². The smallest absolute Gasteiger partial charge is 0.262 e. The first-order valence-electron chi connectivity index (χ1n) is 12.6. The average Bonchev–Trinajstić information content (AvgIpc) is 3.48. The lowest BCUT2D eigenvalue weighted by molar-refractivity contribution is -0.136. The van der Waals surface area contributed by atoms with Gasteiger partial charge < -0.3 is 15.4 Å². The summed E-state index contributed by atoms with van der Waals surface area (Å²) < 4.78 is 5.93. The number of carbonyl (C=O) groups is 5. The monoisotopic (exact) mass is 519 g/mol. The molecule has 3 N–H and O–H groups in total. The van der Waals surface area contributed by atoms with E-state index in [9.17, 15) is 24.0 Å². The summed E-state index contributed by atoms with van der Waals surface area (Å²) in [5.41, 5.74) is 7.26. The number of nitrogens with two attached hydrogens (primary N) is 1. The third kappa shape index (κ3) is 4.72. The van der Waals surface area contributed by atoms with Crippen LogP contribution in [-0.4, -0.2) is 78.3 Å². The van der Waals surface area contributed by atoms with Crippen molar-refractivity contribution in [2.45, 2.75) is 37.9 Å². The number of anilines is 1. The minimum atomic E-state index is -1.00. The van der Waals surface area contributed by atoms with Crippen molar-refractivity contribution in [2.24, 2.45) is 5.73 Å². The number of fused-ring (bicyclic) bond motifs is 1. The van der Waals surface area contributed by atoms with Gasteiger partial charge in [0.25, 0.3) is 11.8 Å². The first kappa shape index (κ1) is 25.4. The quantitative estimate of drug-likeness (QED) is 0.494. The fraction of sp³-hybridized carbons (Fsp3) is 0.370. The number of piperidine rings is 1. The van der Waals surface area contributed by atoms with Crippen LogP contribution in [0.2, 0.25) is 0 Å². The summed E-state index contributed by atoms with van der Waals surface area (Å²) in [6.45, 7) is 1.81. The maximum absolute atomic E-state index is 13.0. The summed E-state index contributed by atoms with van der Waals surface area (Å²) in [5.74, 6) is -2.18. The van der Waals surface area contributed by atoms with Gasteiger partial charge in [-0.2, -0.15) is 0 Å². The van der Waals surface area contributed by atoms with Crippen molar-refractivity contribution in [2.75, 3.05) is 31.6 Å². The Hall–Kier alpha value is -4.25. The molecule has 0 saturated carbocycles.